The minimum absolute atomic E-state index is 0.168. The Kier molecular flexibility index (Phi) is 5.57. The van der Waals surface area contributed by atoms with Crippen molar-refractivity contribution in [2.45, 2.75) is 43.8 Å². The van der Waals surface area contributed by atoms with Gasteiger partial charge in [-0.15, -0.1) is 10.2 Å². The van der Waals surface area contributed by atoms with Crippen LogP contribution < -0.4 is 9.64 Å². The molecule has 0 N–H and O–H groups in total. The van der Waals surface area contributed by atoms with E-state index in [-0.39, 0.29) is 17.1 Å². The zero-order chi connectivity index (χ0) is 19.7. The molecule has 2 aliphatic rings. The van der Waals surface area contributed by atoms with E-state index in [1.807, 2.05) is 0 Å². The smallest absolute Gasteiger partial charge is 0.228 e. The van der Waals surface area contributed by atoms with Crippen molar-refractivity contribution in [1.82, 2.24) is 14.8 Å². The van der Waals surface area contributed by atoms with Gasteiger partial charge in [0.2, 0.25) is 5.95 Å². The van der Waals surface area contributed by atoms with Gasteiger partial charge in [-0.1, -0.05) is 18.7 Å². The Labute approximate surface area is 168 Å². The average molecular weight is 405 g/mol. The summed E-state index contributed by atoms with van der Waals surface area (Å²) in [6.45, 7) is 4.28. The molecule has 1 saturated heterocycles. The molecule has 28 heavy (non-hydrogen) atoms. The number of hydrogen-bond acceptors (Lipinski definition) is 6. The minimum atomic E-state index is -0.447. The van der Waals surface area contributed by atoms with Gasteiger partial charge in [0, 0.05) is 19.1 Å². The van der Waals surface area contributed by atoms with Crippen LogP contribution in [0.15, 0.2) is 23.4 Å². The number of thioether (sulfide) groups is 1. The third-order valence-electron chi connectivity index (χ3n) is 5.42. The number of halogens is 1. The van der Waals surface area contributed by atoms with Gasteiger partial charge in [0.15, 0.2) is 10.9 Å². The number of hydrogen-bond donors (Lipinski definition) is 0. The number of Topliss-reactive ketones (excluding diaryl/α,β-unsaturated/α-hetero) is 1. The van der Waals surface area contributed by atoms with Crippen LogP contribution in [-0.4, -0.2) is 46.5 Å². The van der Waals surface area contributed by atoms with E-state index in [0.717, 1.165) is 55.8 Å². The summed E-state index contributed by atoms with van der Waals surface area (Å²) < 4.78 is 21.0. The molecule has 4 rings (SSSR count). The van der Waals surface area contributed by atoms with Crippen LogP contribution in [0, 0.1) is 11.7 Å². The second-order valence-corrected chi connectivity index (χ2v) is 8.55. The number of carbonyl (C=O) groups excluding carboxylic acids is 1. The van der Waals surface area contributed by atoms with E-state index < -0.39 is 5.82 Å². The first-order valence-corrected chi connectivity index (χ1v) is 10.7. The van der Waals surface area contributed by atoms with E-state index in [4.69, 9.17) is 4.74 Å². The SMILES string of the molecule is COc1ccc(F)cc1C(=O)CSc1nnc(N2CCC(C)CC2)n1C1CC1. The van der Waals surface area contributed by atoms with Gasteiger partial charge in [-0.25, -0.2) is 4.39 Å². The number of aromatic nitrogens is 3. The van der Waals surface area contributed by atoms with E-state index in [1.54, 1.807) is 0 Å². The van der Waals surface area contributed by atoms with Gasteiger partial charge < -0.3 is 9.64 Å². The lowest BCUT2D eigenvalue weighted by Gasteiger charge is -2.31. The summed E-state index contributed by atoms with van der Waals surface area (Å²) in [5, 5.41) is 9.58. The summed E-state index contributed by atoms with van der Waals surface area (Å²) in [7, 11) is 1.48. The van der Waals surface area contributed by atoms with Gasteiger partial charge in [0.25, 0.3) is 0 Å². The van der Waals surface area contributed by atoms with E-state index in [9.17, 15) is 9.18 Å². The van der Waals surface area contributed by atoms with Crippen LogP contribution in [0.3, 0.4) is 0 Å². The molecule has 2 heterocycles. The van der Waals surface area contributed by atoms with Crippen LogP contribution in [0.5, 0.6) is 5.75 Å². The van der Waals surface area contributed by atoms with Crippen molar-refractivity contribution in [3.8, 4) is 5.75 Å². The van der Waals surface area contributed by atoms with Gasteiger partial charge in [-0.3, -0.25) is 9.36 Å². The molecule has 1 aromatic carbocycles. The van der Waals surface area contributed by atoms with Gasteiger partial charge in [-0.05, 0) is 49.8 Å². The number of benzene rings is 1. The molecule has 0 spiro atoms. The van der Waals surface area contributed by atoms with Crippen molar-refractivity contribution in [3.63, 3.8) is 0 Å². The zero-order valence-electron chi connectivity index (χ0n) is 16.2. The highest BCUT2D eigenvalue weighted by Crippen LogP contribution is 2.41. The fourth-order valence-corrected chi connectivity index (χ4v) is 4.43. The van der Waals surface area contributed by atoms with Crippen LogP contribution in [-0.2, 0) is 0 Å². The topological polar surface area (TPSA) is 60.2 Å². The monoisotopic (exact) mass is 404 g/mol. The second kappa shape index (κ2) is 8.11. The van der Waals surface area contributed by atoms with Gasteiger partial charge in [-0.2, -0.15) is 0 Å². The Bertz CT molecular complexity index is 860. The maximum atomic E-state index is 13.6. The van der Waals surface area contributed by atoms with Crippen molar-refractivity contribution in [1.29, 1.82) is 0 Å². The van der Waals surface area contributed by atoms with Crippen LogP contribution in [0.25, 0.3) is 0 Å². The predicted octanol–water partition coefficient (Wildman–Crippen LogP) is 3.97. The zero-order valence-corrected chi connectivity index (χ0v) is 17.0. The minimum Gasteiger partial charge on any atom is -0.496 e. The van der Waals surface area contributed by atoms with E-state index in [2.05, 4.69) is 26.6 Å². The highest BCUT2D eigenvalue weighted by atomic mass is 32.2. The molecule has 0 amide bonds. The molecular weight excluding hydrogens is 379 g/mol. The first-order chi connectivity index (χ1) is 13.6. The van der Waals surface area contributed by atoms with Crippen molar-refractivity contribution < 1.29 is 13.9 Å². The highest BCUT2D eigenvalue weighted by Gasteiger charge is 2.32. The molecule has 1 saturated carbocycles. The summed E-state index contributed by atoms with van der Waals surface area (Å²) in [6, 6.07) is 4.42. The molecule has 2 fully saturated rings. The fourth-order valence-electron chi connectivity index (χ4n) is 3.55. The lowest BCUT2D eigenvalue weighted by atomic mass is 10.00. The third-order valence-corrected chi connectivity index (χ3v) is 6.36. The molecule has 8 heteroatoms. The summed E-state index contributed by atoms with van der Waals surface area (Å²) in [4.78, 5) is 15.0. The van der Waals surface area contributed by atoms with E-state index in [1.165, 1.54) is 37.1 Å². The van der Waals surface area contributed by atoms with Crippen LogP contribution in [0.1, 0.15) is 49.0 Å². The first-order valence-electron chi connectivity index (χ1n) is 9.76. The quantitative estimate of drug-likeness (QED) is 0.514. The normalized spacial score (nSPS) is 17.8. The molecule has 2 aromatic rings. The molecule has 1 aliphatic carbocycles. The Morgan fingerprint density at radius 1 is 1.25 bits per heavy atom. The summed E-state index contributed by atoms with van der Waals surface area (Å²) in [5.74, 6) is 1.60. The molecule has 0 radical (unpaired) electrons. The number of ether oxygens (including phenoxy) is 1. The third kappa shape index (κ3) is 4.01. The van der Waals surface area contributed by atoms with E-state index in [0.29, 0.717) is 11.8 Å². The van der Waals surface area contributed by atoms with Crippen LogP contribution in [0.2, 0.25) is 0 Å². The molecule has 0 atom stereocenters. The van der Waals surface area contributed by atoms with Crippen LogP contribution in [0.4, 0.5) is 10.3 Å². The maximum Gasteiger partial charge on any atom is 0.228 e. The van der Waals surface area contributed by atoms with Crippen molar-refractivity contribution in [2.75, 3.05) is 30.9 Å². The molecule has 0 bridgehead atoms. The van der Waals surface area contributed by atoms with Gasteiger partial charge in [0.1, 0.15) is 11.6 Å². The highest BCUT2D eigenvalue weighted by molar-refractivity contribution is 7.99. The fraction of sp³-hybridized carbons (Fsp3) is 0.550. The molecule has 6 nitrogen and oxygen atoms in total. The standard InChI is InChI=1S/C20H25FN4O2S/c1-13-7-9-24(10-8-13)19-22-23-20(25(19)15-4-5-15)28-12-17(26)16-11-14(21)3-6-18(16)27-2/h3,6,11,13,15H,4-5,7-10,12H2,1-2H3. The van der Waals surface area contributed by atoms with Crippen LogP contribution >= 0.6 is 11.8 Å². The Morgan fingerprint density at radius 3 is 2.68 bits per heavy atom. The number of ketones is 1. The average Bonchev–Trinajstić information content (AvgIpc) is 3.46. The summed E-state index contributed by atoms with van der Waals surface area (Å²) in [6.07, 6.45) is 4.57. The van der Waals surface area contributed by atoms with Gasteiger partial charge >= 0.3 is 0 Å². The number of anilines is 1. The lowest BCUT2D eigenvalue weighted by molar-refractivity contribution is 0.101. The maximum absolute atomic E-state index is 13.6. The van der Waals surface area contributed by atoms with Crippen molar-refractivity contribution >= 4 is 23.5 Å². The Hall–Kier alpha value is -2.09. The predicted molar refractivity (Wildman–Crippen MR) is 107 cm³/mol. The summed E-state index contributed by atoms with van der Waals surface area (Å²) in [5.41, 5.74) is 0.262. The van der Waals surface area contributed by atoms with Gasteiger partial charge in [0.05, 0.1) is 18.4 Å². The van der Waals surface area contributed by atoms with Crippen molar-refractivity contribution in [3.05, 3.63) is 29.6 Å². The number of rotatable bonds is 7. The Balaban J connectivity index is 1.50. The number of methoxy groups -OCH3 is 1. The number of piperidine rings is 1. The lowest BCUT2D eigenvalue weighted by Crippen LogP contribution is -2.34. The molecule has 1 aliphatic heterocycles. The first kappa shape index (κ1) is 19.2. The largest absolute Gasteiger partial charge is 0.496 e. The molecular formula is C20H25FN4O2S. The number of nitrogens with zero attached hydrogens (tertiary/aromatic N) is 4. The molecule has 0 unspecified atom stereocenters. The van der Waals surface area contributed by atoms with E-state index >= 15 is 0 Å². The molecule has 1 aromatic heterocycles. The van der Waals surface area contributed by atoms with Crippen molar-refractivity contribution in [2.24, 2.45) is 5.92 Å². The molecule has 150 valence electrons. The number of carbonyl (C=O) groups is 1. The second-order valence-electron chi connectivity index (χ2n) is 7.61. The Morgan fingerprint density at radius 2 is 2.00 bits per heavy atom. The summed E-state index contributed by atoms with van der Waals surface area (Å²) >= 11 is 1.36.